The monoisotopic (exact) mass is 523 g/mol. The Kier molecular flexibility index (Phi) is 12.0. The second-order valence-corrected chi connectivity index (χ2v) is 8.77. The van der Waals surface area contributed by atoms with Crippen LogP contribution in [0.25, 0.3) is 0 Å². The van der Waals surface area contributed by atoms with Gasteiger partial charge in [-0.15, -0.1) is 0 Å². The van der Waals surface area contributed by atoms with E-state index >= 15 is 0 Å². The first kappa shape index (κ1) is 30.8. The molecule has 37 heavy (non-hydrogen) atoms. The minimum absolute atomic E-state index is 0.0183. The highest BCUT2D eigenvalue weighted by Crippen LogP contribution is 2.11. The molecule has 1 aromatic carbocycles. The van der Waals surface area contributed by atoms with Crippen molar-refractivity contribution in [1.82, 2.24) is 16.0 Å². The topological polar surface area (TPSA) is 251 Å². The summed E-state index contributed by atoms with van der Waals surface area (Å²) in [5.74, 6) is -6.85. The molecule has 0 saturated carbocycles. The van der Waals surface area contributed by atoms with Crippen LogP contribution in [0.5, 0.6) is 5.75 Å². The van der Waals surface area contributed by atoms with Crippen LogP contribution in [-0.4, -0.2) is 75.1 Å². The molecule has 0 aliphatic carbocycles. The number of rotatable bonds is 15. The van der Waals surface area contributed by atoms with Gasteiger partial charge in [-0.3, -0.25) is 24.0 Å². The van der Waals surface area contributed by atoms with E-state index < -0.39 is 78.5 Å². The Bertz CT molecular complexity index is 997. The second kappa shape index (κ2) is 14.4. The Hall–Kier alpha value is -4.20. The first-order valence-electron chi connectivity index (χ1n) is 11.4. The van der Waals surface area contributed by atoms with Gasteiger partial charge in [-0.2, -0.15) is 0 Å². The van der Waals surface area contributed by atoms with Crippen molar-refractivity contribution in [1.29, 1.82) is 0 Å². The smallest absolute Gasteiger partial charge is 0.326 e. The Balaban J connectivity index is 3.01. The summed E-state index contributed by atoms with van der Waals surface area (Å²) in [6, 6.07) is 0.412. The van der Waals surface area contributed by atoms with Crippen molar-refractivity contribution >= 4 is 35.6 Å². The lowest BCUT2D eigenvalue weighted by molar-refractivity contribution is -0.143. The van der Waals surface area contributed by atoms with Crippen molar-refractivity contribution in [3.8, 4) is 5.75 Å². The summed E-state index contributed by atoms with van der Waals surface area (Å²) in [5, 5.41) is 34.5. The molecule has 0 aliphatic rings. The fraction of sp³-hybridized carbons (Fsp3) is 0.478. The fourth-order valence-electron chi connectivity index (χ4n) is 3.24. The molecule has 0 spiro atoms. The summed E-state index contributed by atoms with van der Waals surface area (Å²) < 4.78 is 0. The predicted octanol–water partition coefficient (Wildman–Crippen LogP) is -1.80. The number of hydrogen-bond donors (Lipinski definition) is 8. The SMILES string of the molecule is CC(C)C(NC(=O)C(CC(N)=O)NC(=O)C(CCC(=O)O)NC(=O)C(N)Cc1ccc(O)cc1)C(=O)O. The molecule has 0 bridgehead atoms. The second-order valence-electron chi connectivity index (χ2n) is 8.77. The van der Waals surface area contributed by atoms with Gasteiger partial charge in [-0.25, -0.2) is 4.79 Å². The number of primary amides is 1. The van der Waals surface area contributed by atoms with Gasteiger partial charge >= 0.3 is 11.9 Å². The van der Waals surface area contributed by atoms with Crippen molar-refractivity contribution < 1.29 is 44.1 Å². The van der Waals surface area contributed by atoms with E-state index in [1.54, 1.807) is 26.0 Å². The zero-order chi connectivity index (χ0) is 28.3. The number of nitrogens with one attached hydrogen (secondary N) is 3. The van der Waals surface area contributed by atoms with Gasteiger partial charge in [-0.1, -0.05) is 26.0 Å². The van der Waals surface area contributed by atoms with Crippen molar-refractivity contribution in [3.05, 3.63) is 29.8 Å². The molecule has 1 aromatic rings. The van der Waals surface area contributed by atoms with Crippen LogP contribution in [0.4, 0.5) is 0 Å². The highest BCUT2D eigenvalue weighted by molar-refractivity contribution is 5.96. The van der Waals surface area contributed by atoms with Gasteiger partial charge in [0.1, 0.15) is 23.9 Å². The molecule has 0 radical (unpaired) electrons. The number of carbonyl (C=O) groups is 6. The molecule has 0 fully saturated rings. The number of phenols is 1. The number of aromatic hydroxyl groups is 1. The number of benzene rings is 1. The van der Waals surface area contributed by atoms with E-state index in [1.165, 1.54) is 12.1 Å². The Morgan fingerprint density at radius 3 is 1.89 bits per heavy atom. The molecule has 14 heteroatoms. The van der Waals surface area contributed by atoms with Crippen LogP contribution in [0.1, 0.15) is 38.7 Å². The van der Waals surface area contributed by atoms with Crippen molar-refractivity contribution in [2.24, 2.45) is 17.4 Å². The van der Waals surface area contributed by atoms with Crippen LogP contribution < -0.4 is 27.4 Å². The highest BCUT2D eigenvalue weighted by Gasteiger charge is 2.32. The molecular weight excluding hydrogens is 490 g/mol. The number of nitrogens with two attached hydrogens (primary N) is 2. The van der Waals surface area contributed by atoms with Gasteiger partial charge in [0.15, 0.2) is 0 Å². The average molecular weight is 524 g/mol. The molecule has 10 N–H and O–H groups in total. The lowest BCUT2D eigenvalue weighted by atomic mass is 10.0. The summed E-state index contributed by atoms with van der Waals surface area (Å²) in [6.07, 6.45) is -1.53. The summed E-state index contributed by atoms with van der Waals surface area (Å²) in [6.45, 7) is 3.08. The maximum absolute atomic E-state index is 12.9. The molecule has 0 aromatic heterocycles. The van der Waals surface area contributed by atoms with Gasteiger partial charge in [0.05, 0.1) is 12.5 Å². The largest absolute Gasteiger partial charge is 0.508 e. The summed E-state index contributed by atoms with van der Waals surface area (Å²) in [7, 11) is 0. The highest BCUT2D eigenvalue weighted by atomic mass is 16.4. The molecule has 1 rings (SSSR count). The third kappa shape index (κ3) is 10.9. The maximum atomic E-state index is 12.9. The van der Waals surface area contributed by atoms with Gasteiger partial charge in [0.2, 0.25) is 23.6 Å². The van der Waals surface area contributed by atoms with Crippen molar-refractivity contribution in [2.75, 3.05) is 0 Å². The predicted molar refractivity (Wildman–Crippen MR) is 129 cm³/mol. The van der Waals surface area contributed by atoms with Crippen LogP contribution in [-0.2, 0) is 35.2 Å². The molecule has 204 valence electrons. The first-order chi connectivity index (χ1) is 17.2. The van der Waals surface area contributed by atoms with Crippen molar-refractivity contribution in [2.45, 2.75) is 63.7 Å². The van der Waals surface area contributed by atoms with E-state index in [0.29, 0.717) is 5.56 Å². The van der Waals surface area contributed by atoms with Crippen LogP contribution in [0.3, 0.4) is 0 Å². The zero-order valence-electron chi connectivity index (χ0n) is 20.5. The third-order valence-electron chi connectivity index (χ3n) is 5.28. The summed E-state index contributed by atoms with van der Waals surface area (Å²) >= 11 is 0. The van der Waals surface area contributed by atoms with E-state index in [4.69, 9.17) is 16.6 Å². The van der Waals surface area contributed by atoms with E-state index in [2.05, 4.69) is 16.0 Å². The number of carboxylic acids is 2. The van der Waals surface area contributed by atoms with E-state index in [9.17, 15) is 39.0 Å². The maximum Gasteiger partial charge on any atom is 0.326 e. The molecule has 0 aliphatic heterocycles. The Morgan fingerprint density at radius 1 is 0.865 bits per heavy atom. The van der Waals surface area contributed by atoms with Crippen LogP contribution in [0.2, 0.25) is 0 Å². The Labute approximate surface area is 212 Å². The Morgan fingerprint density at radius 2 is 1.41 bits per heavy atom. The molecule has 4 unspecified atom stereocenters. The molecule has 4 amide bonds. The van der Waals surface area contributed by atoms with E-state index in [-0.39, 0.29) is 18.6 Å². The fourth-order valence-corrected chi connectivity index (χ4v) is 3.24. The number of amides is 4. The minimum atomic E-state index is -1.58. The van der Waals surface area contributed by atoms with Gasteiger partial charge in [0.25, 0.3) is 0 Å². The lowest BCUT2D eigenvalue weighted by Gasteiger charge is -2.25. The average Bonchev–Trinajstić information content (AvgIpc) is 2.79. The normalized spacial score (nSPS) is 14.1. The molecule has 0 saturated heterocycles. The quantitative estimate of drug-likeness (QED) is 0.128. The molecule has 4 atom stereocenters. The number of hydrogen-bond acceptors (Lipinski definition) is 8. The summed E-state index contributed by atoms with van der Waals surface area (Å²) in [5.41, 5.74) is 11.7. The third-order valence-corrected chi connectivity index (χ3v) is 5.28. The van der Waals surface area contributed by atoms with Crippen LogP contribution in [0, 0.1) is 5.92 Å². The standard InChI is InChI=1S/C23H33N5O9/c1-11(2)19(23(36)37)28-22(35)16(10-17(25)30)27-21(34)15(7-8-18(31)32)26-20(33)14(24)9-12-3-5-13(29)6-4-12/h3-6,11,14-16,19,29H,7-10,24H2,1-2H3,(H2,25,30)(H,26,33)(H,27,34)(H,28,35)(H,31,32)(H,36,37). The van der Waals surface area contributed by atoms with E-state index in [1.807, 2.05) is 0 Å². The number of phenolic OH excluding ortho intramolecular Hbond substituents is 1. The molecule has 0 heterocycles. The molecular formula is C23H33N5O9. The number of carbonyl (C=O) groups excluding carboxylic acids is 4. The van der Waals surface area contributed by atoms with Gasteiger partial charge in [0, 0.05) is 6.42 Å². The molecule has 14 nitrogen and oxygen atoms in total. The lowest BCUT2D eigenvalue weighted by Crippen LogP contribution is -2.58. The number of carboxylic acid groups (broad SMARTS) is 2. The number of aliphatic carboxylic acids is 2. The van der Waals surface area contributed by atoms with Gasteiger partial charge < -0.3 is 42.7 Å². The van der Waals surface area contributed by atoms with E-state index in [0.717, 1.165) is 0 Å². The zero-order valence-corrected chi connectivity index (χ0v) is 20.5. The van der Waals surface area contributed by atoms with Crippen molar-refractivity contribution in [3.63, 3.8) is 0 Å². The summed E-state index contributed by atoms with van der Waals surface area (Å²) in [4.78, 5) is 72.2. The van der Waals surface area contributed by atoms with Gasteiger partial charge in [-0.05, 0) is 36.5 Å². The first-order valence-corrected chi connectivity index (χ1v) is 11.4. The van der Waals surface area contributed by atoms with Crippen LogP contribution in [0.15, 0.2) is 24.3 Å². The van der Waals surface area contributed by atoms with Crippen LogP contribution >= 0.6 is 0 Å². The minimum Gasteiger partial charge on any atom is -0.508 e.